The van der Waals surface area contributed by atoms with Gasteiger partial charge in [-0.1, -0.05) is 11.6 Å². The largest absolute Gasteiger partial charge is 0.476 e. The van der Waals surface area contributed by atoms with Crippen molar-refractivity contribution in [2.24, 2.45) is 0 Å². The van der Waals surface area contributed by atoms with Gasteiger partial charge in [0.2, 0.25) is 0 Å². The van der Waals surface area contributed by atoms with Crippen LogP contribution < -0.4 is 5.32 Å². The molecular formula is C11H7ClFN3O2. The number of halogens is 2. The van der Waals surface area contributed by atoms with E-state index in [2.05, 4.69) is 15.3 Å². The minimum atomic E-state index is -1.15. The second kappa shape index (κ2) is 4.97. The van der Waals surface area contributed by atoms with E-state index in [0.717, 1.165) is 6.20 Å². The van der Waals surface area contributed by atoms with Gasteiger partial charge < -0.3 is 10.4 Å². The SMILES string of the molecule is O=C(O)c1cnc(Nc2ccc(F)c(Cl)c2)cn1. The summed E-state index contributed by atoms with van der Waals surface area (Å²) in [6, 6.07) is 4.08. The van der Waals surface area contributed by atoms with Crippen molar-refractivity contribution in [1.82, 2.24) is 9.97 Å². The number of hydrogen-bond donors (Lipinski definition) is 2. The van der Waals surface area contributed by atoms with E-state index < -0.39 is 11.8 Å². The molecule has 5 nitrogen and oxygen atoms in total. The van der Waals surface area contributed by atoms with E-state index in [-0.39, 0.29) is 10.7 Å². The summed E-state index contributed by atoms with van der Waals surface area (Å²) in [5.74, 6) is -1.34. The highest BCUT2D eigenvalue weighted by Gasteiger charge is 2.06. The lowest BCUT2D eigenvalue weighted by Gasteiger charge is -2.05. The maximum absolute atomic E-state index is 12.9. The van der Waals surface area contributed by atoms with Crippen molar-refractivity contribution in [3.05, 3.63) is 47.1 Å². The van der Waals surface area contributed by atoms with Crippen LogP contribution in [-0.2, 0) is 0 Å². The van der Waals surface area contributed by atoms with Crippen molar-refractivity contribution in [1.29, 1.82) is 0 Å². The van der Waals surface area contributed by atoms with Crippen molar-refractivity contribution in [2.75, 3.05) is 5.32 Å². The van der Waals surface area contributed by atoms with E-state index in [1.54, 1.807) is 0 Å². The van der Waals surface area contributed by atoms with Crippen molar-refractivity contribution in [2.45, 2.75) is 0 Å². The number of aromatic nitrogens is 2. The number of nitrogens with zero attached hydrogens (tertiary/aromatic N) is 2. The quantitative estimate of drug-likeness (QED) is 0.894. The molecule has 0 atom stereocenters. The van der Waals surface area contributed by atoms with Gasteiger partial charge in [0.05, 0.1) is 17.4 Å². The second-order valence-electron chi connectivity index (χ2n) is 3.35. The molecule has 0 amide bonds. The highest BCUT2D eigenvalue weighted by atomic mass is 35.5. The van der Waals surface area contributed by atoms with Crippen molar-refractivity contribution >= 4 is 29.1 Å². The number of carbonyl (C=O) groups is 1. The zero-order valence-corrected chi connectivity index (χ0v) is 9.65. The van der Waals surface area contributed by atoms with Gasteiger partial charge >= 0.3 is 5.97 Å². The molecular weight excluding hydrogens is 261 g/mol. The first-order chi connectivity index (χ1) is 8.56. The molecule has 0 fully saturated rings. The van der Waals surface area contributed by atoms with Crippen molar-refractivity contribution < 1.29 is 14.3 Å². The molecule has 0 spiro atoms. The first-order valence-corrected chi connectivity index (χ1v) is 5.21. The zero-order valence-electron chi connectivity index (χ0n) is 8.89. The molecule has 2 N–H and O–H groups in total. The van der Waals surface area contributed by atoms with E-state index in [9.17, 15) is 9.18 Å². The molecule has 1 aromatic carbocycles. The molecule has 2 aromatic rings. The van der Waals surface area contributed by atoms with Crippen LogP contribution in [0.2, 0.25) is 5.02 Å². The third-order valence-electron chi connectivity index (χ3n) is 2.06. The summed E-state index contributed by atoms with van der Waals surface area (Å²) in [6.07, 6.45) is 2.39. The van der Waals surface area contributed by atoms with E-state index >= 15 is 0 Å². The lowest BCUT2D eigenvalue weighted by molar-refractivity contribution is 0.0690. The molecule has 7 heteroatoms. The van der Waals surface area contributed by atoms with Crippen LogP contribution in [-0.4, -0.2) is 21.0 Å². The van der Waals surface area contributed by atoms with Gasteiger partial charge in [-0.2, -0.15) is 0 Å². The van der Waals surface area contributed by atoms with Gasteiger partial charge in [-0.25, -0.2) is 19.2 Å². The number of carboxylic acids is 1. The number of hydrogen-bond acceptors (Lipinski definition) is 4. The van der Waals surface area contributed by atoms with Gasteiger partial charge in [0.15, 0.2) is 5.69 Å². The molecule has 18 heavy (non-hydrogen) atoms. The molecule has 1 aromatic heterocycles. The van der Waals surface area contributed by atoms with Gasteiger partial charge in [-0.3, -0.25) is 0 Å². The fourth-order valence-corrected chi connectivity index (χ4v) is 1.41. The summed E-state index contributed by atoms with van der Waals surface area (Å²) < 4.78 is 12.9. The number of carboxylic acid groups (broad SMARTS) is 1. The molecule has 0 aliphatic carbocycles. The Balaban J connectivity index is 2.18. The van der Waals surface area contributed by atoms with Gasteiger partial charge in [-0.05, 0) is 18.2 Å². The maximum atomic E-state index is 12.9. The first kappa shape index (κ1) is 12.3. The van der Waals surface area contributed by atoms with Crippen LogP contribution in [0.3, 0.4) is 0 Å². The number of nitrogens with one attached hydrogen (secondary N) is 1. The topological polar surface area (TPSA) is 75.1 Å². The molecule has 0 bridgehead atoms. The predicted molar refractivity (Wildman–Crippen MR) is 63.7 cm³/mol. The van der Waals surface area contributed by atoms with Crippen LogP contribution in [0, 0.1) is 5.82 Å². The minimum absolute atomic E-state index is 0.0184. The van der Waals surface area contributed by atoms with Crippen LogP contribution in [0.5, 0.6) is 0 Å². The Morgan fingerprint density at radius 1 is 1.33 bits per heavy atom. The van der Waals surface area contributed by atoms with E-state index in [1.807, 2.05) is 0 Å². The molecule has 0 saturated carbocycles. The van der Waals surface area contributed by atoms with E-state index in [0.29, 0.717) is 11.5 Å². The van der Waals surface area contributed by atoms with Crippen LogP contribution in [0.15, 0.2) is 30.6 Å². The van der Waals surface area contributed by atoms with Crippen LogP contribution in [0.25, 0.3) is 0 Å². The highest BCUT2D eigenvalue weighted by Crippen LogP contribution is 2.21. The second-order valence-corrected chi connectivity index (χ2v) is 3.75. The molecule has 92 valence electrons. The number of rotatable bonds is 3. The van der Waals surface area contributed by atoms with Crippen molar-refractivity contribution in [3.8, 4) is 0 Å². The standard InChI is InChI=1S/C11H7ClFN3O2/c12-7-3-6(1-2-8(7)13)16-10-5-14-9(4-15-10)11(17)18/h1-5H,(H,15,16)(H,17,18). The fraction of sp³-hybridized carbons (Fsp3) is 0. The Morgan fingerprint density at radius 2 is 2.11 bits per heavy atom. The Kier molecular flexibility index (Phi) is 3.38. The lowest BCUT2D eigenvalue weighted by atomic mass is 10.3. The van der Waals surface area contributed by atoms with Gasteiger partial charge in [-0.15, -0.1) is 0 Å². The molecule has 2 rings (SSSR count). The Labute approximate surface area is 106 Å². The summed E-state index contributed by atoms with van der Waals surface area (Å²) >= 11 is 5.62. The van der Waals surface area contributed by atoms with E-state index in [4.69, 9.17) is 16.7 Å². The van der Waals surface area contributed by atoms with Crippen LogP contribution >= 0.6 is 11.6 Å². The Hall–Kier alpha value is -2.21. The van der Waals surface area contributed by atoms with Crippen LogP contribution in [0.4, 0.5) is 15.9 Å². The van der Waals surface area contributed by atoms with Crippen molar-refractivity contribution in [3.63, 3.8) is 0 Å². The molecule has 0 saturated heterocycles. The summed E-state index contributed by atoms with van der Waals surface area (Å²) in [4.78, 5) is 18.1. The molecule has 1 heterocycles. The zero-order chi connectivity index (χ0) is 13.1. The van der Waals surface area contributed by atoms with Gasteiger partial charge in [0.1, 0.15) is 11.6 Å². The molecule has 0 aliphatic rings. The summed E-state index contributed by atoms with van der Waals surface area (Å²) in [6.45, 7) is 0. The molecule has 0 unspecified atom stereocenters. The van der Waals surface area contributed by atoms with Gasteiger partial charge in [0.25, 0.3) is 0 Å². The predicted octanol–water partition coefficient (Wildman–Crippen LogP) is 2.71. The molecule has 0 radical (unpaired) electrons. The minimum Gasteiger partial charge on any atom is -0.476 e. The monoisotopic (exact) mass is 267 g/mol. The third kappa shape index (κ3) is 2.72. The summed E-state index contributed by atoms with van der Waals surface area (Å²) in [7, 11) is 0. The van der Waals surface area contributed by atoms with Crippen LogP contribution in [0.1, 0.15) is 10.5 Å². The highest BCUT2D eigenvalue weighted by molar-refractivity contribution is 6.31. The Morgan fingerprint density at radius 3 is 2.67 bits per heavy atom. The Bertz CT molecular complexity index is 589. The number of aromatic carboxylic acids is 1. The normalized spacial score (nSPS) is 10.1. The summed E-state index contributed by atoms with van der Waals surface area (Å²) in [5, 5.41) is 11.5. The maximum Gasteiger partial charge on any atom is 0.356 e. The van der Waals surface area contributed by atoms with E-state index in [1.165, 1.54) is 24.4 Å². The summed E-state index contributed by atoms with van der Waals surface area (Å²) in [5.41, 5.74) is 0.372. The molecule has 0 aliphatic heterocycles. The third-order valence-corrected chi connectivity index (χ3v) is 2.35. The average Bonchev–Trinajstić information content (AvgIpc) is 2.34. The average molecular weight is 268 g/mol. The first-order valence-electron chi connectivity index (χ1n) is 4.83. The lowest BCUT2D eigenvalue weighted by Crippen LogP contribution is -2.02. The smallest absolute Gasteiger partial charge is 0.356 e. The van der Waals surface area contributed by atoms with Gasteiger partial charge in [0, 0.05) is 5.69 Å². The number of anilines is 2. The number of benzene rings is 1. The fourth-order valence-electron chi connectivity index (χ4n) is 1.22.